The second-order valence-electron chi connectivity index (χ2n) is 7.78. The van der Waals surface area contributed by atoms with Crippen LogP contribution in [0.15, 0.2) is 48.7 Å². The third kappa shape index (κ3) is 5.38. The second kappa shape index (κ2) is 8.68. The van der Waals surface area contributed by atoms with Crippen molar-refractivity contribution in [1.29, 1.82) is 0 Å². The Kier molecular flexibility index (Phi) is 6.26. The number of rotatable bonds is 4. The van der Waals surface area contributed by atoms with Crippen LogP contribution in [0, 0.1) is 11.8 Å². The molecule has 0 bridgehead atoms. The van der Waals surface area contributed by atoms with Crippen molar-refractivity contribution < 1.29 is 18.8 Å². The summed E-state index contributed by atoms with van der Waals surface area (Å²) >= 11 is 0. The Morgan fingerprint density at radius 1 is 1.10 bits per heavy atom. The molecule has 7 heteroatoms. The summed E-state index contributed by atoms with van der Waals surface area (Å²) in [6.45, 7) is 8.45. The summed E-state index contributed by atoms with van der Waals surface area (Å²) in [5.41, 5.74) is 1.59. The fourth-order valence-electron chi connectivity index (χ4n) is 2.62. The summed E-state index contributed by atoms with van der Waals surface area (Å²) in [6.07, 6.45) is 1.19. The molecule has 0 saturated carbocycles. The molecule has 0 unspecified atom stereocenters. The Balaban J connectivity index is 1.46. The molecule has 1 aliphatic rings. The van der Waals surface area contributed by atoms with E-state index in [1.165, 1.54) is 0 Å². The second-order valence-corrected chi connectivity index (χ2v) is 7.78. The summed E-state index contributed by atoms with van der Waals surface area (Å²) in [5.74, 6) is 5.77. The fourth-order valence-corrected chi connectivity index (χ4v) is 2.62. The molecule has 0 radical (unpaired) electrons. The maximum absolute atomic E-state index is 11.7. The number of amides is 1. The van der Waals surface area contributed by atoms with Crippen LogP contribution in [0.1, 0.15) is 39.0 Å². The van der Waals surface area contributed by atoms with E-state index in [-0.39, 0.29) is 13.2 Å². The molecule has 0 atom stereocenters. The molecule has 29 heavy (non-hydrogen) atoms. The van der Waals surface area contributed by atoms with Crippen molar-refractivity contribution in [2.45, 2.75) is 45.5 Å². The van der Waals surface area contributed by atoms with Crippen molar-refractivity contribution in [2.24, 2.45) is 0 Å². The minimum Gasteiger partial charge on any atom is -0.445 e. The molecule has 0 spiro atoms. The molecule has 2 aromatic rings. The molecule has 1 fully saturated rings. The van der Waals surface area contributed by atoms with Gasteiger partial charge in [-0.05, 0) is 45.2 Å². The zero-order chi connectivity index (χ0) is 20.9. The van der Waals surface area contributed by atoms with Gasteiger partial charge in [-0.2, -0.15) is 0 Å². The lowest BCUT2D eigenvalue weighted by Gasteiger charge is -2.32. The number of nitrogens with one attached hydrogen (secondary N) is 1. The Hall–Kier alpha value is -2.82. The van der Waals surface area contributed by atoms with Gasteiger partial charge in [0.1, 0.15) is 12.3 Å². The van der Waals surface area contributed by atoms with Crippen molar-refractivity contribution in [2.75, 3.05) is 6.54 Å². The minimum atomic E-state index is -0.507. The molecule has 1 saturated heterocycles. The van der Waals surface area contributed by atoms with Gasteiger partial charge in [0.2, 0.25) is 0 Å². The van der Waals surface area contributed by atoms with Crippen LogP contribution in [-0.2, 0) is 20.7 Å². The maximum Gasteiger partial charge on any atom is 0.496 e. The van der Waals surface area contributed by atoms with Gasteiger partial charge in [-0.25, -0.2) is 9.78 Å². The highest BCUT2D eigenvalue weighted by molar-refractivity contribution is 6.62. The van der Waals surface area contributed by atoms with E-state index < -0.39 is 24.4 Å². The maximum atomic E-state index is 11.7. The van der Waals surface area contributed by atoms with Crippen LogP contribution in [0.4, 0.5) is 4.79 Å². The Bertz CT molecular complexity index is 886. The largest absolute Gasteiger partial charge is 0.496 e. The fraction of sp³-hybridized carbons (Fsp3) is 0.364. The highest BCUT2D eigenvalue weighted by atomic mass is 16.7. The van der Waals surface area contributed by atoms with Crippen molar-refractivity contribution in [3.63, 3.8) is 0 Å². The van der Waals surface area contributed by atoms with E-state index in [1.807, 2.05) is 64.1 Å². The van der Waals surface area contributed by atoms with Crippen LogP contribution in [0.2, 0.25) is 0 Å². The normalized spacial score (nSPS) is 16.6. The minimum absolute atomic E-state index is 0.175. The molecule has 150 valence electrons. The molecular formula is C22H25BN2O4. The lowest BCUT2D eigenvalue weighted by atomic mass is 9.80. The van der Waals surface area contributed by atoms with Gasteiger partial charge in [0.05, 0.1) is 17.7 Å². The summed E-state index contributed by atoms with van der Waals surface area (Å²) in [7, 11) is -0.449. The number of hydrogen-bond donors (Lipinski definition) is 1. The highest BCUT2D eigenvalue weighted by Crippen LogP contribution is 2.36. The van der Waals surface area contributed by atoms with E-state index >= 15 is 0 Å². The third-order valence-electron chi connectivity index (χ3n) is 5.06. The highest BCUT2D eigenvalue weighted by Gasteiger charge is 2.51. The van der Waals surface area contributed by atoms with E-state index in [1.54, 1.807) is 12.3 Å². The first-order valence-electron chi connectivity index (χ1n) is 9.52. The molecule has 6 nitrogen and oxygen atoms in total. The average Bonchev–Trinajstić information content (AvgIpc) is 2.92. The van der Waals surface area contributed by atoms with Crippen molar-refractivity contribution in [3.05, 3.63) is 59.9 Å². The first kappa shape index (κ1) is 20.9. The van der Waals surface area contributed by atoms with E-state index in [0.717, 1.165) is 11.0 Å². The standard InChI is InChI=1S/C22H25BN2O4/c1-21(2)22(3,4)29-23(28-21)18-12-13-19(25-15-18)11-8-14-24-20(26)27-16-17-9-6-5-7-10-17/h5-7,9-10,12-13,15H,14,16H2,1-4H3,(H,24,26). The van der Waals surface area contributed by atoms with Gasteiger partial charge in [-0.1, -0.05) is 42.3 Å². The molecule has 0 aliphatic carbocycles. The van der Waals surface area contributed by atoms with Crippen LogP contribution in [-0.4, -0.2) is 35.9 Å². The monoisotopic (exact) mass is 392 g/mol. The van der Waals surface area contributed by atoms with Gasteiger partial charge < -0.3 is 19.4 Å². The van der Waals surface area contributed by atoms with Crippen molar-refractivity contribution >= 4 is 18.7 Å². The number of aromatic nitrogens is 1. The number of nitrogens with zero attached hydrogens (tertiary/aromatic N) is 1. The zero-order valence-corrected chi connectivity index (χ0v) is 17.2. The predicted molar refractivity (Wildman–Crippen MR) is 111 cm³/mol. The summed E-state index contributed by atoms with van der Waals surface area (Å²) in [6, 6.07) is 13.2. The van der Waals surface area contributed by atoms with Gasteiger partial charge in [-0.15, -0.1) is 0 Å². The number of carbonyl (C=O) groups is 1. The molecule has 1 aromatic carbocycles. The Labute approximate surface area is 172 Å². The van der Waals surface area contributed by atoms with E-state index in [4.69, 9.17) is 14.0 Å². The first-order valence-corrected chi connectivity index (χ1v) is 9.52. The number of hydrogen-bond acceptors (Lipinski definition) is 5. The lowest BCUT2D eigenvalue weighted by Crippen LogP contribution is -2.41. The molecular weight excluding hydrogens is 367 g/mol. The van der Waals surface area contributed by atoms with Crippen LogP contribution in [0.25, 0.3) is 0 Å². The van der Waals surface area contributed by atoms with Gasteiger partial charge in [0, 0.05) is 11.7 Å². The van der Waals surface area contributed by atoms with Gasteiger partial charge in [0.25, 0.3) is 0 Å². The summed E-state index contributed by atoms with van der Waals surface area (Å²) < 4.78 is 17.1. The van der Waals surface area contributed by atoms with Crippen molar-refractivity contribution in [1.82, 2.24) is 10.3 Å². The quantitative estimate of drug-likeness (QED) is 0.640. The number of carbonyl (C=O) groups excluding carboxylic acids is 1. The number of ether oxygens (including phenoxy) is 1. The SMILES string of the molecule is CC1(C)OB(c2ccc(C#CCNC(=O)OCc3ccccc3)nc2)OC1(C)C. The summed E-state index contributed by atoms with van der Waals surface area (Å²) in [5, 5.41) is 2.59. The Morgan fingerprint density at radius 2 is 1.79 bits per heavy atom. The smallest absolute Gasteiger partial charge is 0.445 e. The predicted octanol–water partition coefficient (Wildman–Crippen LogP) is 2.66. The molecule has 2 heterocycles. The lowest BCUT2D eigenvalue weighted by molar-refractivity contribution is 0.00578. The van der Waals surface area contributed by atoms with Crippen LogP contribution in [0.5, 0.6) is 0 Å². The molecule has 3 rings (SSSR count). The van der Waals surface area contributed by atoms with Crippen LogP contribution >= 0.6 is 0 Å². The molecule has 1 amide bonds. The van der Waals surface area contributed by atoms with Crippen LogP contribution in [0.3, 0.4) is 0 Å². The van der Waals surface area contributed by atoms with Crippen LogP contribution < -0.4 is 10.8 Å². The van der Waals surface area contributed by atoms with Gasteiger partial charge >= 0.3 is 13.2 Å². The molecule has 1 N–H and O–H groups in total. The number of pyridine rings is 1. The van der Waals surface area contributed by atoms with Crippen molar-refractivity contribution in [3.8, 4) is 11.8 Å². The first-order chi connectivity index (χ1) is 13.8. The molecule has 1 aromatic heterocycles. The van der Waals surface area contributed by atoms with Gasteiger partial charge in [-0.3, -0.25) is 0 Å². The third-order valence-corrected chi connectivity index (χ3v) is 5.06. The number of benzene rings is 1. The summed E-state index contributed by atoms with van der Waals surface area (Å²) in [4.78, 5) is 16.0. The van der Waals surface area contributed by atoms with E-state index in [0.29, 0.717) is 5.69 Å². The van der Waals surface area contributed by atoms with E-state index in [9.17, 15) is 4.79 Å². The molecule has 1 aliphatic heterocycles. The average molecular weight is 392 g/mol. The van der Waals surface area contributed by atoms with E-state index in [2.05, 4.69) is 22.1 Å². The Morgan fingerprint density at radius 3 is 2.41 bits per heavy atom. The topological polar surface area (TPSA) is 69.7 Å². The zero-order valence-electron chi connectivity index (χ0n) is 17.2. The van der Waals surface area contributed by atoms with Gasteiger partial charge in [0.15, 0.2) is 0 Å². The number of alkyl carbamates (subject to hydrolysis) is 1.